The molecule has 0 saturated carbocycles. The molecule has 0 spiro atoms. The van der Waals surface area contributed by atoms with Crippen molar-refractivity contribution in [2.24, 2.45) is 0 Å². The number of nitrogens with zero attached hydrogens (tertiary/aromatic N) is 3. The lowest BCUT2D eigenvalue weighted by Crippen LogP contribution is -2.43. The lowest BCUT2D eigenvalue weighted by molar-refractivity contribution is 0.200. The van der Waals surface area contributed by atoms with Crippen LogP contribution in [0.15, 0.2) is 48.5 Å². The van der Waals surface area contributed by atoms with Crippen LogP contribution in [0.25, 0.3) is 11.3 Å². The SMILES string of the molecule is CN(C(=O)N1CCc2[nH]nc(-c3ccccc3)c2C1)c1ccc(F)c(Cl)c1. The van der Waals surface area contributed by atoms with Gasteiger partial charge in [-0.25, -0.2) is 9.18 Å². The molecule has 3 aromatic rings. The van der Waals surface area contributed by atoms with Gasteiger partial charge in [-0.15, -0.1) is 0 Å². The van der Waals surface area contributed by atoms with Crippen LogP contribution in [-0.2, 0) is 13.0 Å². The van der Waals surface area contributed by atoms with Crippen LogP contribution >= 0.6 is 11.6 Å². The Morgan fingerprint density at radius 1 is 1.26 bits per heavy atom. The number of amides is 2. The van der Waals surface area contributed by atoms with Crippen molar-refractivity contribution >= 4 is 23.3 Å². The van der Waals surface area contributed by atoms with E-state index in [0.29, 0.717) is 25.2 Å². The van der Waals surface area contributed by atoms with Gasteiger partial charge in [0.1, 0.15) is 5.82 Å². The molecule has 1 aliphatic heterocycles. The molecule has 4 rings (SSSR count). The summed E-state index contributed by atoms with van der Waals surface area (Å²) in [4.78, 5) is 16.2. The smallest absolute Gasteiger partial charge is 0.319 e. The quantitative estimate of drug-likeness (QED) is 0.708. The first-order valence-electron chi connectivity index (χ1n) is 8.64. The molecule has 0 fully saturated rings. The summed E-state index contributed by atoms with van der Waals surface area (Å²) in [6, 6.07) is 14.0. The third-order valence-corrected chi connectivity index (χ3v) is 5.12. The number of aromatic amines is 1. The van der Waals surface area contributed by atoms with E-state index in [1.54, 1.807) is 18.0 Å². The first-order chi connectivity index (χ1) is 13.0. The minimum atomic E-state index is -0.505. The highest BCUT2D eigenvalue weighted by Gasteiger charge is 2.28. The van der Waals surface area contributed by atoms with E-state index in [-0.39, 0.29) is 11.1 Å². The van der Waals surface area contributed by atoms with Crippen molar-refractivity contribution < 1.29 is 9.18 Å². The van der Waals surface area contributed by atoms with Crippen LogP contribution in [0.2, 0.25) is 5.02 Å². The number of halogens is 2. The van der Waals surface area contributed by atoms with E-state index in [9.17, 15) is 9.18 Å². The number of rotatable bonds is 2. The van der Waals surface area contributed by atoms with Gasteiger partial charge in [-0.1, -0.05) is 41.9 Å². The van der Waals surface area contributed by atoms with Gasteiger partial charge in [-0.05, 0) is 18.2 Å². The summed E-state index contributed by atoms with van der Waals surface area (Å²) in [5.74, 6) is -0.505. The van der Waals surface area contributed by atoms with Crippen molar-refractivity contribution in [2.45, 2.75) is 13.0 Å². The predicted molar refractivity (Wildman–Crippen MR) is 103 cm³/mol. The van der Waals surface area contributed by atoms with Gasteiger partial charge in [0.05, 0.1) is 17.3 Å². The number of aromatic nitrogens is 2. The number of nitrogens with one attached hydrogen (secondary N) is 1. The molecule has 0 atom stereocenters. The maximum Gasteiger partial charge on any atom is 0.324 e. The third kappa shape index (κ3) is 3.28. The lowest BCUT2D eigenvalue weighted by atomic mass is 10.0. The number of carbonyl (C=O) groups is 1. The van der Waals surface area contributed by atoms with Crippen molar-refractivity contribution in [3.8, 4) is 11.3 Å². The van der Waals surface area contributed by atoms with Crippen LogP contribution in [0, 0.1) is 5.82 Å². The minimum Gasteiger partial charge on any atom is -0.319 e. The summed E-state index contributed by atoms with van der Waals surface area (Å²) < 4.78 is 13.4. The first kappa shape index (κ1) is 17.5. The molecule has 0 aliphatic carbocycles. The molecule has 0 unspecified atom stereocenters. The Balaban J connectivity index is 1.58. The third-order valence-electron chi connectivity index (χ3n) is 4.83. The zero-order valence-electron chi connectivity index (χ0n) is 14.7. The van der Waals surface area contributed by atoms with Crippen LogP contribution in [0.3, 0.4) is 0 Å². The van der Waals surface area contributed by atoms with E-state index in [4.69, 9.17) is 11.6 Å². The number of urea groups is 1. The van der Waals surface area contributed by atoms with E-state index >= 15 is 0 Å². The Morgan fingerprint density at radius 3 is 2.78 bits per heavy atom. The monoisotopic (exact) mass is 384 g/mol. The Morgan fingerprint density at radius 2 is 2.04 bits per heavy atom. The molecule has 5 nitrogen and oxygen atoms in total. The summed E-state index contributed by atoms with van der Waals surface area (Å²) in [6.07, 6.45) is 0.707. The second-order valence-corrected chi connectivity index (χ2v) is 6.91. The van der Waals surface area contributed by atoms with Crippen molar-refractivity contribution in [1.82, 2.24) is 15.1 Å². The number of hydrogen-bond donors (Lipinski definition) is 1. The Hall–Kier alpha value is -2.86. The van der Waals surface area contributed by atoms with Gasteiger partial charge >= 0.3 is 6.03 Å². The Kier molecular flexibility index (Phi) is 4.58. The van der Waals surface area contributed by atoms with E-state index in [2.05, 4.69) is 10.2 Å². The van der Waals surface area contributed by atoms with Crippen molar-refractivity contribution in [2.75, 3.05) is 18.5 Å². The number of carbonyl (C=O) groups excluding carboxylic acids is 1. The highest BCUT2D eigenvalue weighted by Crippen LogP contribution is 2.29. The molecule has 2 aromatic carbocycles. The standard InChI is InChI=1S/C20H18ClFN4O/c1-25(14-7-8-17(22)16(21)11-14)20(27)26-10-9-18-15(12-26)19(24-23-18)13-5-3-2-4-6-13/h2-8,11H,9-10,12H2,1H3,(H,23,24). The fourth-order valence-electron chi connectivity index (χ4n) is 3.31. The second kappa shape index (κ2) is 7.04. The average molecular weight is 385 g/mol. The highest BCUT2D eigenvalue weighted by molar-refractivity contribution is 6.31. The topological polar surface area (TPSA) is 52.2 Å². The summed E-state index contributed by atoms with van der Waals surface area (Å²) in [6.45, 7) is 1.05. The summed E-state index contributed by atoms with van der Waals surface area (Å²) >= 11 is 5.85. The molecule has 138 valence electrons. The van der Waals surface area contributed by atoms with Crippen LogP contribution in [-0.4, -0.2) is 34.7 Å². The van der Waals surface area contributed by atoms with Gasteiger partial charge in [0.25, 0.3) is 0 Å². The van der Waals surface area contributed by atoms with Gasteiger partial charge < -0.3 is 4.90 Å². The second-order valence-electron chi connectivity index (χ2n) is 6.51. The molecule has 27 heavy (non-hydrogen) atoms. The zero-order chi connectivity index (χ0) is 19.0. The summed E-state index contributed by atoms with van der Waals surface area (Å²) in [7, 11) is 1.66. The zero-order valence-corrected chi connectivity index (χ0v) is 15.5. The van der Waals surface area contributed by atoms with E-state index < -0.39 is 5.82 Å². The van der Waals surface area contributed by atoms with E-state index in [1.165, 1.54) is 17.0 Å². The predicted octanol–water partition coefficient (Wildman–Crippen LogP) is 4.48. The molecule has 2 heterocycles. The lowest BCUT2D eigenvalue weighted by Gasteiger charge is -2.31. The molecule has 1 N–H and O–H groups in total. The van der Waals surface area contributed by atoms with Gasteiger partial charge in [-0.3, -0.25) is 10.00 Å². The van der Waals surface area contributed by atoms with Crippen LogP contribution in [0.4, 0.5) is 14.9 Å². The Labute approximate surface area is 161 Å². The van der Waals surface area contributed by atoms with Gasteiger partial charge in [0.15, 0.2) is 0 Å². The van der Waals surface area contributed by atoms with Gasteiger partial charge in [0, 0.05) is 42.5 Å². The number of fused-ring (bicyclic) bond motifs is 1. The van der Waals surface area contributed by atoms with Crippen molar-refractivity contribution in [3.05, 3.63) is 70.6 Å². The van der Waals surface area contributed by atoms with Crippen LogP contribution in [0.1, 0.15) is 11.3 Å². The van der Waals surface area contributed by atoms with Crippen LogP contribution in [0.5, 0.6) is 0 Å². The summed E-state index contributed by atoms with van der Waals surface area (Å²) in [5.41, 5.74) is 4.53. The highest BCUT2D eigenvalue weighted by atomic mass is 35.5. The Bertz CT molecular complexity index is 989. The van der Waals surface area contributed by atoms with Crippen LogP contribution < -0.4 is 4.90 Å². The number of hydrogen-bond acceptors (Lipinski definition) is 2. The molecule has 7 heteroatoms. The van der Waals surface area contributed by atoms with Crippen molar-refractivity contribution in [1.29, 1.82) is 0 Å². The average Bonchev–Trinajstić information content (AvgIpc) is 3.13. The maximum absolute atomic E-state index is 13.4. The number of anilines is 1. The van der Waals surface area contributed by atoms with Gasteiger partial charge in [0.2, 0.25) is 0 Å². The summed E-state index contributed by atoms with van der Waals surface area (Å²) in [5, 5.41) is 7.54. The molecule has 0 radical (unpaired) electrons. The molecule has 1 aromatic heterocycles. The molecular weight excluding hydrogens is 367 g/mol. The molecular formula is C20H18ClFN4O. The number of benzene rings is 2. The normalized spacial score (nSPS) is 13.4. The van der Waals surface area contributed by atoms with Crippen molar-refractivity contribution in [3.63, 3.8) is 0 Å². The van der Waals surface area contributed by atoms with E-state index in [1.807, 2.05) is 30.3 Å². The first-order valence-corrected chi connectivity index (χ1v) is 9.01. The molecule has 0 saturated heterocycles. The molecule has 1 aliphatic rings. The van der Waals surface area contributed by atoms with Gasteiger partial charge in [-0.2, -0.15) is 5.10 Å². The molecule has 0 bridgehead atoms. The number of H-pyrrole nitrogens is 1. The fourth-order valence-corrected chi connectivity index (χ4v) is 3.48. The fraction of sp³-hybridized carbons (Fsp3) is 0.200. The maximum atomic E-state index is 13.4. The largest absolute Gasteiger partial charge is 0.324 e. The molecule has 2 amide bonds. The minimum absolute atomic E-state index is 0.00530. The van der Waals surface area contributed by atoms with E-state index in [0.717, 1.165) is 22.5 Å².